The van der Waals surface area contributed by atoms with Crippen LogP contribution in [0.1, 0.15) is 0 Å². The van der Waals surface area contributed by atoms with Gasteiger partial charge in [-0.05, 0) is 18.2 Å². The molecule has 0 atom stereocenters. The summed E-state index contributed by atoms with van der Waals surface area (Å²) in [6, 6.07) is 15.1. The van der Waals surface area contributed by atoms with Crippen LogP contribution in [0.4, 0.5) is 11.9 Å². The maximum atomic E-state index is 7.93. The fourth-order valence-corrected chi connectivity index (χ4v) is 2.26. The molecule has 0 bridgehead atoms. The largest absolute Gasteiger partial charge is 0.322 e. The van der Waals surface area contributed by atoms with E-state index in [1.807, 2.05) is 48.5 Å². The van der Waals surface area contributed by atoms with Crippen LogP contribution in [-0.4, -0.2) is 19.9 Å². The van der Waals surface area contributed by atoms with Gasteiger partial charge in [-0.1, -0.05) is 30.3 Å². The number of fused-ring (bicyclic) bond motifs is 2. The molecular weight excluding hydrogens is 290 g/mol. The summed E-state index contributed by atoms with van der Waals surface area (Å²) in [5.74, 6) is 0.490. The smallest absolute Gasteiger partial charge is 0.269 e. The van der Waals surface area contributed by atoms with E-state index >= 15 is 0 Å². The summed E-state index contributed by atoms with van der Waals surface area (Å²) in [7, 11) is 0. The predicted octanol–water partition coefficient (Wildman–Crippen LogP) is 3.40. The van der Waals surface area contributed by atoms with Crippen molar-refractivity contribution < 1.29 is 0 Å². The van der Waals surface area contributed by atoms with Crippen LogP contribution in [0.25, 0.3) is 21.8 Å². The molecule has 0 aliphatic heterocycles. The number of hydrogen-bond donors (Lipinski definition) is 2. The number of H-pyrrole nitrogens is 1. The third-order valence-electron chi connectivity index (χ3n) is 3.36. The topological polar surface area (TPSA) is 103 Å². The molecule has 0 spiro atoms. The highest BCUT2D eigenvalue weighted by Crippen LogP contribution is 2.16. The van der Waals surface area contributed by atoms with Crippen molar-refractivity contribution in [2.45, 2.75) is 0 Å². The van der Waals surface area contributed by atoms with Crippen molar-refractivity contribution in [1.82, 2.24) is 19.9 Å². The van der Waals surface area contributed by atoms with Gasteiger partial charge in [-0.2, -0.15) is 4.98 Å². The molecule has 23 heavy (non-hydrogen) atoms. The van der Waals surface area contributed by atoms with E-state index in [1.54, 1.807) is 6.20 Å². The second-order valence-electron chi connectivity index (χ2n) is 4.88. The Morgan fingerprint density at radius 3 is 2.70 bits per heavy atom. The molecule has 110 valence electrons. The molecule has 0 saturated heterocycles. The van der Waals surface area contributed by atoms with E-state index in [-0.39, 0.29) is 17.4 Å². The van der Waals surface area contributed by atoms with Crippen LogP contribution in [0.3, 0.4) is 0 Å². The van der Waals surface area contributed by atoms with Crippen molar-refractivity contribution in [2.24, 2.45) is 10.2 Å². The summed E-state index contributed by atoms with van der Waals surface area (Å²) in [6.07, 6.45) is 1.70. The van der Waals surface area contributed by atoms with Crippen LogP contribution in [0.2, 0.25) is 0 Å². The molecule has 2 aromatic heterocycles. The number of rotatable bonds is 2. The van der Waals surface area contributed by atoms with Crippen LogP contribution in [0.5, 0.6) is 0 Å². The monoisotopic (exact) mass is 301 g/mol. The molecule has 2 aromatic carbocycles. The third kappa shape index (κ3) is 2.55. The first-order valence-electron chi connectivity index (χ1n) is 6.97. The Balaban J connectivity index is 1.73. The number of para-hydroxylation sites is 2. The molecule has 0 saturated carbocycles. The summed E-state index contributed by atoms with van der Waals surface area (Å²) in [5.41, 5.74) is 1.72. The minimum absolute atomic E-state index is 0.146. The highest BCUT2D eigenvalue weighted by atomic mass is 15.3. The standard InChI is InChI=1S/C16H11N7/c17-14-11-6-2-4-8-13(11)20-16(21-14)23-22-15-18-9-10-5-1-3-7-12(10)19-15/h1-9H,(H2,17,20,21). The highest BCUT2D eigenvalue weighted by molar-refractivity contribution is 5.78. The Morgan fingerprint density at radius 2 is 1.74 bits per heavy atom. The quantitative estimate of drug-likeness (QED) is 0.554. The van der Waals surface area contributed by atoms with Crippen LogP contribution in [0.15, 0.2) is 65.0 Å². The van der Waals surface area contributed by atoms with Gasteiger partial charge in [-0.25, -0.2) is 9.97 Å². The number of aromatic amines is 1. The van der Waals surface area contributed by atoms with Gasteiger partial charge in [0.15, 0.2) is 5.49 Å². The van der Waals surface area contributed by atoms with Gasteiger partial charge in [0.05, 0.1) is 11.0 Å². The predicted molar refractivity (Wildman–Crippen MR) is 85.7 cm³/mol. The average molecular weight is 301 g/mol. The number of azo groups is 1. The van der Waals surface area contributed by atoms with Gasteiger partial charge in [0.2, 0.25) is 5.95 Å². The lowest BCUT2D eigenvalue weighted by Gasteiger charge is -1.99. The van der Waals surface area contributed by atoms with Gasteiger partial charge in [-0.3, -0.25) is 5.41 Å². The van der Waals surface area contributed by atoms with Crippen LogP contribution < -0.4 is 5.49 Å². The molecule has 0 amide bonds. The molecule has 2 N–H and O–H groups in total. The molecule has 2 heterocycles. The van der Waals surface area contributed by atoms with Gasteiger partial charge in [-0.15, -0.1) is 10.2 Å². The first kappa shape index (κ1) is 13.2. The number of nitrogens with one attached hydrogen (secondary N) is 2. The molecule has 0 aliphatic rings. The third-order valence-corrected chi connectivity index (χ3v) is 3.36. The fourth-order valence-electron chi connectivity index (χ4n) is 2.26. The van der Waals surface area contributed by atoms with Crippen molar-refractivity contribution in [2.75, 3.05) is 0 Å². The van der Waals surface area contributed by atoms with Gasteiger partial charge in [0.1, 0.15) is 0 Å². The summed E-state index contributed by atoms with van der Waals surface area (Å²) in [5, 5.41) is 17.6. The van der Waals surface area contributed by atoms with Crippen molar-refractivity contribution in [3.8, 4) is 0 Å². The first-order chi connectivity index (χ1) is 11.3. The number of aromatic nitrogens is 4. The van der Waals surface area contributed by atoms with Crippen LogP contribution in [-0.2, 0) is 0 Å². The van der Waals surface area contributed by atoms with Crippen molar-refractivity contribution in [3.63, 3.8) is 0 Å². The SMILES string of the molecule is N=c1nc(N=Nc2ncc3ccccc3n2)[nH]c2ccccc12. The maximum absolute atomic E-state index is 7.93. The lowest BCUT2D eigenvalue weighted by Crippen LogP contribution is -2.07. The van der Waals surface area contributed by atoms with Crippen LogP contribution >= 0.6 is 0 Å². The Labute approximate surface area is 130 Å². The van der Waals surface area contributed by atoms with Crippen molar-refractivity contribution in [1.29, 1.82) is 5.41 Å². The van der Waals surface area contributed by atoms with E-state index in [0.717, 1.165) is 21.8 Å². The van der Waals surface area contributed by atoms with E-state index in [1.165, 1.54) is 0 Å². The van der Waals surface area contributed by atoms with E-state index < -0.39 is 0 Å². The molecule has 0 unspecified atom stereocenters. The second kappa shape index (κ2) is 5.38. The zero-order chi connectivity index (χ0) is 15.6. The molecule has 0 fully saturated rings. The second-order valence-corrected chi connectivity index (χ2v) is 4.88. The summed E-state index contributed by atoms with van der Waals surface area (Å²) < 4.78 is 0. The minimum atomic E-state index is 0.146. The highest BCUT2D eigenvalue weighted by Gasteiger charge is 2.01. The minimum Gasteiger partial charge on any atom is -0.322 e. The number of hydrogen-bond acceptors (Lipinski definition) is 6. The van der Waals surface area contributed by atoms with Crippen LogP contribution in [0, 0.1) is 5.41 Å². The average Bonchev–Trinajstić information content (AvgIpc) is 2.60. The summed E-state index contributed by atoms with van der Waals surface area (Å²) >= 11 is 0. The molecular formula is C16H11N7. The zero-order valence-corrected chi connectivity index (χ0v) is 11.9. The Kier molecular flexibility index (Phi) is 3.09. The lowest BCUT2D eigenvalue weighted by atomic mass is 10.2. The van der Waals surface area contributed by atoms with E-state index in [9.17, 15) is 0 Å². The van der Waals surface area contributed by atoms with E-state index in [0.29, 0.717) is 0 Å². The Hall–Kier alpha value is -3.48. The number of benzene rings is 2. The Morgan fingerprint density at radius 1 is 0.913 bits per heavy atom. The van der Waals surface area contributed by atoms with Gasteiger partial charge >= 0.3 is 0 Å². The molecule has 7 nitrogen and oxygen atoms in total. The van der Waals surface area contributed by atoms with Gasteiger partial charge in [0.25, 0.3) is 5.95 Å². The van der Waals surface area contributed by atoms with E-state index in [4.69, 9.17) is 5.41 Å². The lowest BCUT2D eigenvalue weighted by molar-refractivity contribution is 1.00. The summed E-state index contributed by atoms with van der Waals surface area (Å²) in [4.78, 5) is 15.6. The maximum Gasteiger partial charge on any atom is 0.269 e. The molecule has 0 aliphatic carbocycles. The summed E-state index contributed by atoms with van der Waals surface area (Å²) in [6.45, 7) is 0. The van der Waals surface area contributed by atoms with E-state index in [2.05, 4.69) is 30.2 Å². The fraction of sp³-hybridized carbons (Fsp3) is 0. The van der Waals surface area contributed by atoms with Gasteiger partial charge < -0.3 is 4.98 Å². The van der Waals surface area contributed by atoms with Gasteiger partial charge in [0, 0.05) is 17.0 Å². The zero-order valence-electron chi connectivity index (χ0n) is 11.9. The number of nitrogens with zero attached hydrogens (tertiary/aromatic N) is 5. The first-order valence-corrected chi connectivity index (χ1v) is 6.97. The van der Waals surface area contributed by atoms with Crippen molar-refractivity contribution >= 4 is 33.7 Å². The molecule has 4 rings (SSSR count). The Bertz CT molecular complexity index is 1100. The molecule has 7 heteroatoms. The molecule has 0 radical (unpaired) electrons. The van der Waals surface area contributed by atoms with Crippen molar-refractivity contribution in [3.05, 3.63) is 60.2 Å². The molecule has 4 aromatic rings. The normalized spacial score (nSPS) is 11.5.